The van der Waals surface area contributed by atoms with Crippen LogP contribution in [-0.2, 0) is 6.42 Å². The van der Waals surface area contributed by atoms with Gasteiger partial charge in [-0.2, -0.15) is 0 Å². The number of rotatable bonds is 5. The van der Waals surface area contributed by atoms with Crippen molar-refractivity contribution in [1.82, 2.24) is 0 Å². The van der Waals surface area contributed by atoms with Gasteiger partial charge in [-0.05, 0) is 70.1 Å². The number of halogens is 1. The highest BCUT2D eigenvalue weighted by atomic mass is 79.9. The van der Waals surface area contributed by atoms with E-state index in [1.165, 1.54) is 26.5 Å². The highest BCUT2D eigenvalue weighted by molar-refractivity contribution is 9.10. The molecule has 0 fully saturated rings. The van der Waals surface area contributed by atoms with Crippen LogP contribution < -0.4 is 5.73 Å². The van der Waals surface area contributed by atoms with Crippen molar-refractivity contribution in [2.45, 2.75) is 26.2 Å². The van der Waals surface area contributed by atoms with E-state index in [4.69, 9.17) is 5.73 Å². The largest absolute Gasteiger partial charge is 0.330 e. The van der Waals surface area contributed by atoms with Crippen molar-refractivity contribution >= 4 is 37.4 Å². The molecule has 2 rings (SSSR count). The van der Waals surface area contributed by atoms with Crippen LogP contribution in [-0.4, -0.2) is 6.54 Å². The summed E-state index contributed by atoms with van der Waals surface area (Å²) in [6.45, 7) is 3.09. The number of nitrogens with two attached hydrogens (primary N) is 1. The Morgan fingerprint density at radius 2 is 2.18 bits per heavy atom. The van der Waals surface area contributed by atoms with Gasteiger partial charge < -0.3 is 5.73 Å². The quantitative estimate of drug-likeness (QED) is 0.859. The van der Waals surface area contributed by atoms with Crippen LogP contribution in [0, 0.1) is 5.92 Å². The molecule has 0 aliphatic carbocycles. The van der Waals surface area contributed by atoms with Gasteiger partial charge in [0.1, 0.15) is 0 Å². The van der Waals surface area contributed by atoms with Gasteiger partial charge in [0.25, 0.3) is 0 Å². The predicted molar refractivity (Wildman–Crippen MR) is 80.7 cm³/mol. The molecule has 0 amide bonds. The Morgan fingerprint density at radius 1 is 1.35 bits per heavy atom. The maximum atomic E-state index is 5.58. The van der Waals surface area contributed by atoms with Gasteiger partial charge in [0.2, 0.25) is 0 Å². The molecule has 0 radical (unpaired) electrons. The summed E-state index contributed by atoms with van der Waals surface area (Å²) in [5.74, 6) is 0.724. The minimum absolute atomic E-state index is 0.724. The Kier molecular flexibility index (Phi) is 4.60. The third kappa shape index (κ3) is 3.09. The lowest BCUT2D eigenvalue weighted by Gasteiger charge is -2.08. The molecule has 1 aromatic heterocycles. The van der Waals surface area contributed by atoms with E-state index < -0.39 is 0 Å². The Labute approximate surface area is 115 Å². The highest BCUT2D eigenvalue weighted by Gasteiger charge is 2.08. The normalized spacial score (nSPS) is 13.1. The summed E-state index contributed by atoms with van der Waals surface area (Å²) in [5, 5.41) is 3.70. The SMILES string of the molecule is CC(CCN)CCc1csc2c(Br)cccc12. The summed E-state index contributed by atoms with van der Waals surface area (Å²) in [6.07, 6.45) is 3.53. The van der Waals surface area contributed by atoms with Crippen molar-refractivity contribution in [2.24, 2.45) is 11.7 Å². The van der Waals surface area contributed by atoms with Gasteiger partial charge in [0.15, 0.2) is 0 Å². The van der Waals surface area contributed by atoms with Gasteiger partial charge in [-0.1, -0.05) is 19.1 Å². The van der Waals surface area contributed by atoms with Crippen molar-refractivity contribution in [3.05, 3.63) is 33.6 Å². The Morgan fingerprint density at radius 3 is 2.94 bits per heavy atom. The topological polar surface area (TPSA) is 26.0 Å². The van der Waals surface area contributed by atoms with E-state index in [2.05, 4.69) is 46.4 Å². The molecule has 1 heterocycles. The number of fused-ring (bicyclic) bond motifs is 1. The van der Waals surface area contributed by atoms with Gasteiger partial charge in [0, 0.05) is 9.17 Å². The van der Waals surface area contributed by atoms with E-state index in [0.717, 1.165) is 25.3 Å². The summed E-state index contributed by atoms with van der Waals surface area (Å²) >= 11 is 5.44. The molecule has 0 aliphatic rings. The van der Waals surface area contributed by atoms with Crippen molar-refractivity contribution in [1.29, 1.82) is 0 Å². The second-order valence-corrected chi connectivity index (χ2v) is 6.33. The van der Waals surface area contributed by atoms with Crippen LogP contribution >= 0.6 is 27.3 Å². The van der Waals surface area contributed by atoms with Crippen LogP contribution in [0.5, 0.6) is 0 Å². The number of aryl methyl sites for hydroxylation is 1. The van der Waals surface area contributed by atoms with E-state index in [0.29, 0.717) is 0 Å². The first-order chi connectivity index (χ1) is 8.22. The lowest BCUT2D eigenvalue weighted by Crippen LogP contribution is -2.06. The summed E-state index contributed by atoms with van der Waals surface area (Å²) in [7, 11) is 0. The molecule has 0 saturated carbocycles. The minimum atomic E-state index is 0.724. The Balaban J connectivity index is 2.12. The van der Waals surface area contributed by atoms with Gasteiger partial charge >= 0.3 is 0 Å². The molecule has 0 saturated heterocycles. The summed E-state index contributed by atoms with van der Waals surface area (Å²) < 4.78 is 2.58. The van der Waals surface area contributed by atoms with E-state index in [1.54, 1.807) is 0 Å². The molecule has 1 unspecified atom stereocenters. The molecule has 3 heteroatoms. The van der Waals surface area contributed by atoms with Crippen molar-refractivity contribution < 1.29 is 0 Å². The molecular formula is C14H18BrNS. The second-order valence-electron chi connectivity index (χ2n) is 4.60. The number of hydrogen-bond donors (Lipinski definition) is 1. The molecule has 1 atom stereocenters. The van der Waals surface area contributed by atoms with Crippen LogP contribution in [0.25, 0.3) is 10.1 Å². The molecule has 0 aliphatic heterocycles. The zero-order valence-electron chi connectivity index (χ0n) is 10.1. The zero-order valence-corrected chi connectivity index (χ0v) is 12.5. The minimum Gasteiger partial charge on any atom is -0.330 e. The van der Waals surface area contributed by atoms with Gasteiger partial charge in [-0.25, -0.2) is 0 Å². The van der Waals surface area contributed by atoms with Crippen LogP contribution in [0.15, 0.2) is 28.1 Å². The smallest absolute Gasteiger partial charge is 0.0487 e. The lowest BCUT2D eigenvalue weighted by atomic mass is 9.98. The third-order valence-corrected chi connectivity index (χ3v) is 5.20. The Hall–Kier alpha value is -0.380. The molecule has 0 bridgehead atoms. The third-order valence-electron chi connectivity index (χ3n) is 3.20. The van der Waals surface area contributed by atoms with Crippen LogP contribution in [0.1, 0.15) is 25.3 Å². The molecule has 92 valence electrons. The fourth-order valence-corrected chi connectivity index (χ4v) is 3.76. The average Bonchev–Trinajstić information content (AvgIpc) is 2.72. The number of benzene rings is 1. The lowest BCUT2D eigenvalue weighted by molar-refractivity contribution is 0.501. The summed E-state index contributed by atoms with van der Waals surface area (Å²) in [4.78, 5) is 0. The van der Waals surface area contributed by atoms with Crippen molar-refractivity contribution in [3.8, 4) is 0 Å². The molecule has 1 nitrogen and oxygen atoms in total. The predicted octanol–water partition coefficient (Wildman–Crippen LogP) is 4.58. The maximum Gasteiger partial charge on any atom is 0.0487 e. The average molecular weight is 312 g/mol. The van der Waals surface area contributed by atoms with Crippen LogP contribution in [0.4, 0.5) is 0 Å². The molecule has 17 heavy (non-hydrogen) atoms. The fourth-order valence-electron chi connectivity index (χ4n) is 2.10. The second kappa shape index (κ2) is 5.98. The maximum absolute atomic E-state index is 5.58. The highest BCUT2D eigenvalue weighted by Crippen LogP contribution is 2.33. The molecule has 0 spiro atoms. The summed E-state index contributed by atoms with van der Waals surface area (Å²) in [5.41, 5.74) is 7.07. The molecular weight excluding hydrogens is 294 g/mol. The standard InChI is InChI=1S/C14H18BrNS/c1-10(7-8-16)5-6-11-9-17-14-12(11)3-2-4-13(14)15/h2-4,9-10H,5-8,16H2,1H3. The van der Waals surface area contributed by atoms with Crippen LogP contribution in [0.3, 0.4) is 0 Å². The molecule has 2 N–H and O–H groups in total. The number of hydrogen-bond acceptors (Lipinski definition) is 2. The zero-order chi connectivity index (χ0) is 12.3. The fraction of sp³-hybridized carbons (Fsp3) is 0.429. The van der Waals surface area contributed by atoms with Gasteiger partial charge in [0.05, 0.1) is 0 Å². The first-order valence-electron chi connectivity index (χ1n) is 6.07. The first kappa shape index (κ1) is 13.1. The Bertz CT molecular complexity index is 492. The first-order valence-corrected chi connectivity index (χ1v) is 7.74. The van der Waals surface area contributed by atoms with E-state index in [-0.39, 0.29) is 0 Å². The van der Waals surface area contributed by atoms with Crippen LogP contribution in [0.2, 0.25) is 0 Å². The molecule has 1 aromatic carbocycles. The van der Waals surface area contributed by atoms with Gasteiger partial charge in [-0.3, -0.25) is 0 Å². The van der Waals surface area contributed by atoms with E-state index in [1.807, 2.05) is 11.3 Å². The van der Waals surface area contributed by atoms with Gasteiger partial charge in [-0.15, -0.1) is 11.3 Å². The van der Waals surface area contributed by atoms with E-state index >= 15 is 0 Å². The monoisotopic (exact) mass is 311 g/mol. The van der Waals surface area contributed by atoms with Crippen molar-refractivity contribution in [3.63, 3.8) is 0 Å². The van der Waals surface area contributed by atoms with Crippen molar-refractivity contribution in [2.75, 3.05) is 6.54 Å². The summed E-state index contributed by atoms with van der Waals surface area (Å²) in [6, 6.07) is 6.45. The van der Waals surface area contributed by atoms with E-state index in [9.17, 15) is 0 Å². The molecule has 2 aromatic rings. The number of thiophene rings is 1.